The molecule has 2 aromatic carbocycles. The molecule has 0 fully saturated rings. The van der Waals surface area contributed by atoms with Crippen molar-refractivity contribution in [2.75, 3.05) is 12.4 Å². The summed E-state index contributed by atoms with van der Waals surface area (Å²) in [6.07, 6.45) is 0.823. The van der Waals surface area contributed by atoms with E-state index in [1.807, 2.05) is 54.6 Å². The Hall–Kier alpha value is -3.54. The zero-order valence-electron chi connectivity index (χ0n) is 15.4. The van der Waals surface area contributed by atoms with Crippen molar-refractivity contribution < 1.29 is 19.4 Å². The second kappa shape index (κ2) is 7.23. The number of methoxy groups -OCH3 is 1. The summed E-state index contributed by atoms with van der Waals surface area (Å²) in [5, 5.41) is 11.9. The first-order chi connectivity index (χ1) is 13.5. The molecule has 0 aliphatic carbocycles. The second-order valence-electron chi connectivity index (χ2n) is 6.73. The molecule has 6 nitrogen and oxygen atoms in total. The number of amides is 1. The standard InChI is InChI=1S/C22H20N2O4/c1-28-18-7-2-14(3-8-18)20-10-5-16(6-11-22(26)27)24(20)17-4-9-19-15(12-17)13-21(25)23-19/h2-5,7-10,12H,6,11,13H2,1H3,(H,23,25)(H,26,27). The van der Waals surface area contributed by atoms with E-state index in [-0.39, 0.29) is 12.3 Å². The summed E-state index contributed by atoms with van der Waals surface area (Å²) in [6, 6.07) is 17.5. The number of aliphatic carboxylic acids is 1. The smallest absolute Gasteiger partial charge is 0.303 e. The number of benzene rings is 2. The number of carboxylic acid groups (broad SMARTS) is 1. The van der Waals surface area contributed by atoms with Gasteiger partial charge in [0.1, 0.15) is 5.75 Å². The molecule has 2 heterocycles. The monoisotopic (exact) mass is 376 g/mol. The molecule has 0 radical (unpaired) electrons. The summed E-state index contributed by atoms with van der Waals surface area (Å²) in [7, 11) is 1.63. The maximum atomic E-state index is 11.7. The number of hydrogen-bond donors (Lipinski definition) is 2. The third-order valence-electron chi connectivity index (χ3n) is 4.91. The number of anilines is 1. The average Bonchev–Trinajstić information content (AvgIpc) is 3.28. The van der Waals surface area contributed by atoms with Crippen LogP contribution < -0.4 is 10.1 Å². The lowest BCUT2D eigenvalue weighted by molar-refractivity contribution is -0.137. The summed E-state index contributed by atoms with van der Waals surface area (Å²) < 4.78 is 7.30. The van der Waals surface area contributed by atoms with Gasteiger partial charge in [0, 0.05) is 17.1 Å². The van der Waals surface area contributed by atoms with Crippen LogP contribution in [-0.4, -0.2) is 28.7 Å². The Morgan fingerprint density at radius 1 is 1.14 bits per heavy atom. The number of nitrogens with one attached hydrogen (secondary N) is 1. The highest BCUT2D eigenvalue weighted by Crippen LogP contribution is 2.32. The predicted molar refractivity (Wildman–Crippen MR) is 106 cm³/mol. The van der Waals surface area contributed by atoms with Gasteiger partial charge in [0.05, 0.1) is 25.6 Å². The van der Waals surface area contributed by atoms with E-state index in [1.165, 1.54) is 0 Å². The molecule has 1 amide bonds. The number of rotatable bonds is 6. The molecule has 0 spiro atoms. The number of aryl methyl sites for hydroxylation is 1. The fourth-order valence-corrected chi connectivity index (χ4v) is 3.56. The van der Waals surface area contributed by atoms with Gasteiger partial charge in [-0.25, -0.2) is 0 Å². The molecular weight excluding hydrogens is 356 g/mol. The van der Waals surface area contributed by atoms with Gasteiger partial charge in [0.15, 0.2) is 0 Å². The number of aromatic nitrogens is 1. The van der Waals surface area contributed by atoms with Crippen molar-refractivity contribution in [1.82, 2.24) is 4.57 Å². The van der Waals surface area contributed by atoms with E-state index >= 15 is 0 Å². The van der Waals surface area contributed by atoms with Crippen LogP contribution in [0.25, 0.3) is 16.9 Å². The summed E-state index contributed by atoms with van der Waals surface area (Å²) in [4.78, 5) is 22.8. The van der Waals surface area contributed by atoms with Crippen molar-refractivity contribution in [3.05, 3.63) is 65.9 Å². The molecular formula is C22H20N2O4. The first-order valence-corrected chi connectivity index (χ1v) is 9.05. The highest BCUT2D eigenvalue weighted by Gasteiger charge is 2.20. The first-order valence-electron chi connectivity index (χ1n) is 9.05. The lowest BCUT2D eigenvalue weighted by atomic mass is 10.1. The third-order valence-corrected chi connectivity index (χ3v) is 4.91. The molecule has 1 aromatic heterocycles. The van der Waals surface area contributed by atoms with Crippen molar-refractivity contribution in [2.45, 2.75) is 19.3 Å². The molecule has 2 N–H and O–H groups in total. The molecule has 1 aliphatic rings. The molecule has 0 saturated heterocycles. The van der Waals surface area contributed by atoms with E-state index < -0.39 is 5.97 Å². The van der Waals surface area contributed by atoms with Crippen LogP contribution in [0.4, 0.5) is 5.69 Å². The fourth-order valence-electron chi connectivity index (χ4n) is 3.56. The van der Waals surface area contributed by atoms with Gasteiger partial charge in [-0.15, -0.1) is 0 Å². The van der Waals surface area contributed by atoms with Crippen molar-refractivity contribution in [1.29, 1.82) is 0 Å². The lowest BCUT2D eigenvalue weighted by Crippen LogP contribution is -2.05. The highest BCUT2D eigenvalue weighted by molar-refractivity contribution is 5.99. The Balaban J connectivity index is 1.80. The van der Waals surface area contributed by atoms with Crippen LogP contribution in [-0.2, 0) is 22.4 Å². The number of ether oxygens (including phenoxy) is 1. The summed E-state index contributed by atoms with van der Waals surface area (Å²) in [6.45, 7) is 0. The van der Waals surface area contributed by atoms with E-state index in [9.17, 15) is 9.59 Å². The van der Waals surface area contributed by atoms with E-state index in [0.29, 0.717) is 12.8 Å². The van der Waals surface area contributed by atoms with Gasteiger partial charge in [-0.2, -0.15) is 0 Å². The topological polar surface area (TPSA) is 80.6 Å². The Morgan fingerprint density at radius 3 is 2.64 bits per heavy atom. The number of carbonyl (C=O) groups excluding carboxylic acids is 1. The Morgan fingerprint density at radius 2 is 1.93 bits per heavy atom. The van der Waals surface area contributed by atoms with Gasteiger partial charge in [0.25, 0.3) is 0 Å². The van der Waals surface area contributed by atoms with Crippen LogP contribution in [0, 0.1) is 0 Å². The molecule has 4 rings (SSSR count). The largest absolute Gasteiger partial charge is 0.497 e. The Bertz CT molecular complexity index is 1050. The van der Waals surface area contributed by atoms with Gasteiger partial charge in [-0.3, -0.25) is 9.59 Å². The summed E-state index contributed by atoms with van der Waals surface area (Å²) in [5.74, 6) is -0.0706. The molecule has 6 heteroatoms. The van der Waals surface area contributed by atoms with E-state index in [4.69, 9.17) is 9.84 Å². The van der Waals surface area contributed by atoms with Gasteiger partial charge in [0.2, 0.25) is 5.91 Å². The fraction of sp³-hybridized carbons (Fsp3) is 0.182. The SMILES string of the molecule is COc1ccc(-c2ccc(CCC(=O)O)n2-c2ccc3c(c2)CC(=O)N3)cc1. The van der Waals surface area contributed by atoms with Crippen LogP contribution in [0.2, 0.25) is 0 Å². The Kier molecular flexibility index (Phi) is 4.61. The summed E-state index contributed by atoms with van der Waals surface area (Å²) >= 11 is 0. The van der Waals surface area contributed by atoms with Crippen LogP contribution in [0.3, 0.4) is 0 Å². The van der Waals surface area contributed by atoms with E-state index in [0.717, 1.165) is 39.6 Å². The average molecular weight is 376 g/mol. The molecule has 0 atom stereocenters. The van der Waals surface area contributed by atoms with Crippen LogP contribution >= 0.6 is 0 Å². The number of nitrogens with zero attached hydrogens (tertiary/aromatic N) is 1. The number of carbonyl (C=O) groups is 2. The van der Waals surface area contributed by atoms with E-state index in [1.54, 1.807) is 7.11 Å². The maximum absolute atomic E-state index is 11.7. The first kappa shape index (κ1) is 17.9. The van der Waals surface area contributed by atoms with Crippen LogP contribution in [0.1, 0.15) is 17.7 Å². The molecule has 3 aromatic rings. The van der Waals surface area contributed by atoms with Crippen molar-refractivity contribution >= 4 is 17.6 Å². The minimum absolute atomic E-state index is 0.0128. The number of fused-ring (bicyclic) bond motifs is 1. The maximum Gasteiger partial charge on any atom is 0.303 e. The van der Waals surface area contributed by atoms with Gasteiger partial charge < -0.3 is 19.7 Å². The van der Waals surface area contributed by atoms with Crippen molar-refractivity contribution in [3.8, 4) is 22.7 Å². The predicted octanol–water partition coefficient (Wildman–Crippen LogP) is 3.66. The Labute approximate surface area is 162 Å². The zero-order chi connectivity index (χ0) is 19.7. The lowest BCUT2D eigenvalue weighted by Gasteiger charge is -2.15. The van der Waals surface area contributed by atoms with Crippen LogP contribution in [0.5, 0.6) is 5.75 Å². The second-order valence-corrected chi connectivity index (χ2v) is 6.73. The number of hydrogen-bond acceptors (Lipinski definition) is 3. The normalized spacial score (nSPS) is 12.5. The summed E-state index contributed by atoms with van der Waals surface area (Å²) in [5.41, 5.74) is 5.55. The van der Waals surface area contributed by atoms with Crippen molar-refractivity contribution in [3.63, 3.8) is 0 Å². The molecule has 28 heavy (non-hydrogen) atoms. The minimum Gasteiger partial charge on any atom is -0.497 e. The molecule has 142 valence electrons. The molecule has 0 unspecified atom stereocenters. The van der Waals surface area contributed by atoms with E-state index in [2.05, 4.69) is 9.88 Å². The minimum atomic E-state index is -0.831. The third kappa shape index (κ3) is 3.36. The number of carboxylic acids is 1. The highest BCUT2D eigenvalue weighted by atomic mass is 16.5. The molecule has 0 bridgehead atoms. The molecule has 0 saturated carbocycles. The van der Waals surface area contributed by atoms with Gasteiger partial charge in [-0.1, -0.05) is 0 Å². The van der Waals surface area contributed by atoms with Gasteiger partial charge in [-0.05, 0) is 72.1 Å². The van der Waals surface area contributed by atoms with Gasteiger partial charge >= 0.3 is 5.97 Å². The molecule has 1 aliphatic heterocycles. The zero-order valence-corrected chi connectivity index (χ0v) is 15.4. The van der Waals surface area contributed by atoms with Crippen LogP contribution in [0.15, 0.2) is 54.6 Å². The quantitative estimate of drug-likeness (QED) is 0.688. The van der Waals surface area contributed by atoms with Crippen molar-refractivity contribution in [2.24, 2.45) is 0 Å².